The summed E-state index contributed by atoms with van der Waals surface area (Å²) in [5, 5.41) is 9.08. The summed E-state index contributed by atoms with van der Waals surface area (Å²) in [5.41, 5.74) is 0. The first-order chi connectivity index (χ1) is 9.99. The SMILES string of the molecule is CN(CC1CCCN1C)C(=O)N(CC(=O)O)C1CCCC1. The fourth-order valence-electron chi connectivity index (χ4n) is 3.54. The van der Waals surface area contributed by atoms with E-state index < -0.39 is 5.97 Å². The maximum absolute atomic E-state index is 12.6. The van der Waals surface area contributed by atoms with Crippen LogP contribution in [0, 0.1) is 0 Å². The molecule has 1 N–H and O–H groups in total. The topological polar surface area (TPSA) is 64.1 Å². The molecule has 1 aliphatic heterocycles. The van der Waals surface area contributed by atoms with Crippen molar-refractivity contribution in [3.63, 3.8) is 0 Å². The second kappa shape index (κ2) is 7.11. The van der Waals surface area contributed by atoms with Crippen LogP contribution in [0.15, 0.2) is 0 Å². The van der Waals surface area contributed by atoms with Crippen LogP contribution in [0.25, 0.3) is 0 Å². The van der Waals surface area contributed by atoms with Gasteiger partial charge in [0.05, 0.1) is 0 Å². The molecule has 0 aromatic heterocycles. The number of carbonyl (C=O) groups is 2. The maximum Gasteiger partial charge on any atom is 0.323 e. The van der Waals surface area contributed by atoms with Crippen molar-refractivity contribution in [2.75, 3.05) is 33.7 Å². The minimum atomic E-state index is -0.929. The van der Waals surface area contributed by atoms with Crippen LogP contribution < -0.4 is 0 Å². The number of urea groups is 1. The molecule has 0 radical (unpaired) electrons. The first kappa shape index (κ1) is 16.1. The predicted molar refractivity (Wildman–Crippen MR) is 80.3 cm³/mol. The number of carboxylic acid groups (broad SMARTS) is 1. The molecule has 120 valence electrons. The second-order valence-electron chi connectivity index (χ2n) is 6.40. The highest BCUT2D eigenvalue weighted by Crippen LogP contribution is 2.24. The van der Waals surface area contributed by atoms with Crippen LogP contribution in [-0.2, 0) is 4.79 Å². The molecule has 6 heteroatoms. The van der Waals surface area contributed by atoms with Crippen molar-refractivity contribution in [3.8, 4) is 0 Å². The summed E-state index contributed by atoms with van der Waals surface area (Å²) in [6.45, 7) is 1.57. The van der Waals surface area contributed by atoms with E-state index in [1.54, 1.807) is 16.8 Å². The molecule has 0 aromatic carbocycles. The average molecular weight is 297 g/mol. The van der Waals surface area contributed by atoms with Gasteiger partial charge in [0.15, 0.2) is 0 Å². The van der Waals surface area contributed by atoms with Gasteiger partial charge < -0.3 is 19.8 Å². The van der Waals surface area contributed by atoms with Gasteiger partial charge in [-0.05, 0) is 39.3 Å². The monoisotopic (exact) mass is 297 g/mol. The molecule has 2 amide bonds. The number of likely N-dealkylation sites (N-methyl/N-ethyl adjacent to an activating group) is 2. The molecule has 0 bridgehead atoms. The number of hydrogen-bond donors (Lipinski definition) is 1. The van der Waals surface area contributed by atoms with Crippen molar-refractivity contribution in [1.29, 1.82) is 0 Å². The van der Waals surface area contributed by atoms with Gasteiger partial charge >= 0.3 is 12.0 Å². The van der Waals surface area contributed by atoms with Crippen LogP contribution in [0.1, 0.15) is 38.5 Å². The summed E-state index contributed by atoms with van der Waals surface area (Å²) in [5.74, 6) is -0.929. The Bertz CT molecular complexity index is 382. The molecule has 1 atom stereocenters. The third kappa shape index (κ3) is 4.09. The lowest BCUT2D eigenvalue weighted by Gasteiger charge is -2.33. The lowest BCUT2D eigenvalue weighted by atomic mass is 10.2. The Morgan fingerprint density at radius 3 is 2.38 bits per heavy atom. The molecular weight excluding hydrogens is 270 g/mol. The highest BCUT2D eigenvalue weighted by Gasteiger charge is 2.32. The highest BCUT2D eigenvalue weighted by molar-refractivity contribution is 5.80. The van der Waals surface area contributed by atoms with Gasteiger partial charge in [0, 0.05) is 25.7 Å². The number of likely N-dealkylation sites (tertiary alicyclic amines) is 1. The fraction of sp³-hybridized carbons (Fsp3) is 0.867. The standard InChI is InChI=1S/C15H27N3O3/c1-16-9-5-8-13(16)10-17(2)15(21)18(11-14(19)20)12-6-3-4-7-12/h12-13H,3-11H2,1-2H3,(H,19,20). The van der Waals surface area contributed by atoms with Gasteiger partial charge in [-0.3, -0.25) is 4.79 Å². The molecule has 21 heavy (non-hydrogen) atoms. The summed E-state index contributed by atoms with van der Waals surface area (Å²) >= 11 is 0. The molecule has 6 nitrogen and oxygen atoms in total. The van der Waals surface area contributed by atoms with Gasteiger partial charge in [-0.2, -0.15) is 0 Å². The van der Waals surface area contributed by atoms with Crippen molar-refractivity contribution in [3.05, 3.63) is 0 Å². The van der Waals surface area contributed by atoms with E-state index in [1.165, 1.54) is 6.42 Å². The molecule has 2 aliphatic rings. The Morgan fingerprint density at radius 1 is 1.19 bits per heavy atom. The lowest BCUT2D eigenvalue weighted by molar-refractivity contribution is -0.138. The number of hydrogen-bond acceptors (Lipinski definition) is 3. The van der Waals surface area contributed by atoms with Gasteiger partial charge in [-0.1, -0.05) is 12.8 Å². The van der Waals surface area contributed by atoms with Crippen LogP contribution in [0.3, 0.4) is 0 Å². The highest BCUT2D eigenvalue weighted by atomic mass is 16.4. The Kier molecular flexibility index (Phi) is 5.45. The molecule has 1 aliphatic carbocycles. The minimum absolute atomic E-state index is 0.0948. The normalized spacial score (nSPS) is 23.4. The van der Waals surface area contributed by atoms with Crippen LogP contribution in [0.5, 0.6) is 0 Å². The summed E-state index contributed by atoms with van der Waals surface area (Å²) in [7, 11) is 3.88. The molecule has 1 saturated carbocycles. The number of carbonyl (C=O) groups excluding carboxylic acids is 1. The van der Waals surface area contributed by atoms with E-state index in [0.717, 1.165) is 38.6 Å². The van der Waals surface area contributed by atoms with Gasteiger partial charge in [-0.15, -0.1) is 0 Å². The minimum Gasteiger partial charge on any atom is -0.480 e. The van der Waals surface area contributed by atoms with E-state index >= 15 is 0 Å². The maximum atomic E-state index is 12.6. The zero-order valence-electron chi connectivity index (χ0n) is 13.1. The molecule has 1 saturated heterocycles. The van der Waals surface area contributed by atoms with Gasteiger partial charge in [0.25, 0.3) is 0 Å². The van der Waals surface area contributed by atoms with Crippen molar-refractivity contribution in [1.82, 2.24) is 14.7 Å². The molecule has 1 unspecified atom stereocenters. The first-order valence-electron chi connectivity index (χ1n) is 7.93. The fourth-order valence-corrected chi connectivity index (χ4v) is 3.54. The van der Waals surface area contributed by atoms with Crippen LogP contribution in [0.2, 0.25) is 0 Å². The van der Waals surface area contributed by atoms with E-state index in [9.17, 15) is 9.59 Å². The zero-order valence-corrected chi connectivity index (χ0v) is 13.1. The molecule has 2 fully saturated rings. The first-order valence-corrected chi connectivity index (χ1v) is 7.93. The molecule has 0 aromatic rings. The van der Waals surface area contributed by atoms with Crippen molar-refractivity contribution in [2.24, 2.45) is 0 Å². The average Bonchev–Trinajstić information content (AvgIpc) is 3.07. The van der Waals surface area contributed by atoms with E-state index in [-0.39, 0.29) is 18.6 Å². The third-order valence-electron chi connectivity index (χ3n) is 4.80. The van der Waals surface area contributed by atoms with E-state index in [1.807, 2.05) is 0 Å². The Balaban J connectivity index is 1.96. The number of carboxylic acids is 1. The number of rotatable bonds is 5. The Morgan fingerprint density at radius 2 is 1.86 bits per heavy atom. The summed E-state index contributed by atoms with van der Waals surface area (Å²) in [6.07, 6.45) is 6.31. The van der Waals surface area contributed by atoms with E-state index in [4.69, 9.17) is 5.11 Å². The summed E-state index contributed by atoms with van der Waals surface area (Å²) < 4.78 is 0. The van der Waals surface area contributed by atoms with Crippen LogP contribution >= 0.6 is 0 Å². The summed E-state index contributed by atoms with van der Waals surface area (Å²) in [6, 6.07) is 0.358. The third-order valence-corrected chi connectivity index (χ3v) is 4.80. The number of amides is 2. The summed E-state index contributed by atoms with van der Waals surface area (Å²) in [4.78, 5) is 29.2. The molecule has 2 rings (SSSR count). The van der Waals surface area contributed by atoms with Crippen LogP contribution in [-0.4, -0.2) is 77.6 Å². The number of nitrogens with zero attached hydrogens (tertiary/aromatic N) is 3. The van der Waals surface area contributed by atoms with E-state index in [0.29, 0.717) is 12.6 Å². The Hall–Kier alpha value is -1.30. The van der Waals surface area contributed by atoms with Crippen molar-refractivity contribution >= 4 is 12.0 Å². The van der Waals surface area contributed by atoms with Gasteiger partial charge in [-0.25, -0.2) is 4.79 Å². The van der Waals surface area contributed by atoms with Gasteiger partial charge in [0.2, 0.25) is 0 Å². The molecule has 1 heterocycles. The second-order valence-corrected chi connectivity index (χ2v) is 6.40. The zero-order chi connectivity index (χ0) is 15.4. The predicted octanol–water partition coefficient (Wildman–Crippen LogP) is 1.46. The molecular formula is C15H27N3O3. The van der Waals surface area contributed by atoms with Gasteiger partial charge in [0.1, 0.15) is 6.54 Å². The van der Waals surface area contributed by atoms with Crippen molar-refractivity contribution in [2.45, 2.75) is 50.6 Å². The van der Waals surface area contributed by atoms with Crippen LogP contribution in [0.4, 0.5) is 4.79 Å². The lowest BCUT2D eigenvalue weighted by Crippen LogP contribution is -2.50. The van der Waals surface area contributed by atoms with Crippen molar-refractivity contribution < 1.29 is 14.7 Å². The Labute approximate surface area is 126 Å². The van der Waals surface area contributed by atoms with E-state index in [2.05, 4.69) is 11.9 Å². The molecule has 0 spiro atoms. The largest absolute Gasteiger partial charge is 0.480 e. The smallest absolute Gasteiger partial charge is 0.323 e. The quantitative estimate of drug-likeness (QED) is 0.834. The number of aliphatic carboxylic acids is 1.